The van der Waals surface area contributed by atoms with E-state index in [9.17, 15) is 0 Å². The summed E-state index contributed by atoms with van der Waals surface area (Å²) in [4.78, 5) is 0. The van der Waals surface area contributed by atoms with Gasteiger partial charge < -0.3 is 5.32 Å². The SMILES string of the molecule is CC1(C)CC1CNC(c1ccc(Cl)cc1)C1CC1. The average molecular weight is 264 g/mol. The zero-order chi connectivity index (χ0) is 12.8. The molecule has 1 aromatic carbocycles. The van der Waals surface area contributed by atoms with Crippen LogP contribution in [0.3, 0.4) is 0 Å². The summed E-state index contributed by atoms with van der Waals surface area (Å²) in [5.41, 5.74) is 1.97. The van der Waals surface area contributed by atoms with Crippen LogP contribution in [0.15, 0.2) is 24.3 Å². The Kier molecular flexibility index (Phi) is 3.15. The normalized spacial score (nSPS) is 26.9. The Hall–Kier alpha value is -0.530. The van der Waals surface area contributed by atoms with Crippen molar-refractivity contribution in [2.75, 3.05) is 6.54 Å². The van der Waals surface area contributed by atoms with Gasteiger partial charge in [0.15, 0.2) is 0 Å². The van der Waals surface area contributed by atoms with Crippen molar-refractivity contribution in [2.24, 2.45) is 17.3 Å². The minimum absolute atomic E-state index is 0.540. The number of hydrogen-bond donors (Lipinski definition) is 1. The maximum atomic E-state index is 5.97. The molecule has 0 radical (unpaired) electrons. The number of hydrogen-bond acceptors (Lipinski definition) is 1. The predicted octanol–water partition coefficient (Wildman–Crippen LogP) is 4.43. The van der Waals surface area contributed by atoms with Gasteiger partial charge in [0.2, 0.25) is 0 Å². The largest absolute Gasteiger partial charge is 0.309 e. The highest BCUT2D eigenvalue weighted by Gasteiger charge is 2.45. The predicted molar refractivity (Wildman–Crippen MR) is 76.8 cm³/mol. The summed E-state index contributed by atoms with van der Waals surface area (Å²) < 4.78 is 0. The van der Waals surface area contributed by atoms with Gasteiger partial charge in [0.25, 0.3) is 0 Å². The molecule has 0 heterocycles. The van der Waals surface area contributed by atoms with E-state index >= 15 is 0 Å². The van der Waals surface area contributed by atoms with Gasteiger partial charge >= 0.3 is 0 Å². The van der Waals surface area contributed by atoms with Gasteiger partial charge in [0.1, 0.15) is 0 Å². The molecule has 1 aromatic rings. The average Bonchev–Trinajstić information content (AvgIpc) is 3.21. The highest BCUT2D eigenvalue weighted by Crippen LogP contribution is 2.51. The Morgan fingerprint density at radius 2 is 1.89 bits per heavy atom. The third kappa shape index (κ3) is 2.73. The molecule has 2 fully saturated rings. The summed E-state index contributed by atoms with van der Waals surface area (Å²) in [6, 6.07) is 8.91. The van der Waals surface area contributed by atoms with Crippen LogP contribution in [-0.2, 0) is 0 Å². The minimum atomic E-state index is 0.540. The van der Waals surface area contributed by atoms with Crippen molar-refractivity contribution in [1.82, 2.24) is 5.32 Å². The molecule has 2 atom stereocenters. The maximum Gasteiger partial charge on any atom is 0.0406 e. The van der Waals surface area contributed by atoms with Gasteiger partial charge in [-0.2, -0.15) is 0 Å². The highest BCUT2D eigenvalue weighted by atomic mass is 35.5. The van der Waals surface area contributed by atoms with Gasteiger partial charge in [-0.05, 0) is 60.8 Å². The highest BCUT2D eigenvalue weighted by molar-refractivity contribution is 6.30. The lowest BCUT2D eigenvalue weighted by atomic mass is 10.0. The van der Waals surface area contributed by atoms with Gasteiger partial charge in [0.05, 0.1) is 0 Å². The third-order valence-corrected chi connectivity index (χ3v) is 4.88. The topological polar surface area (TPSA) is 12.0 Å². The van der Waals surface area contributed by atoms with E-state index in [1.165, 1.54) is 24.8 Å². The van der Waals surface area contributed by atoms with E-state index in [1.807, 2.05) is 12.1 Å². The smallest absolute Gasteiger partial charge is 0.0406 e. The first-order valence-electron chi connectivity index (χ1n) is 7.05. The summed E-state index contributed by atoms with van der Waals surface area (Å²) in [7, 11) is 0. The van der Waals surface area contributed by atoms with Crippen LogP contribution in [0.4, 0.5) is 0 Å². The van der Waals surface area contributed by atoms with E-state index in [2.05, 4.69) is 31.3 Å². The zero-order valence-electron chi connectivity index (χ0n) is 11.2. The fraction of sp³-hybridized carbons (Fsp3) is 0.625. The standard InChI is InChI=1S/C16H22ClN/c1-16(2)9-13(16)10-18-15(11-3-4-11)12-5-7-14(17)8-6-12/h5-8,11,13,15,18H,3-4,9-10H2,1-2H3. The molecule has 2 heteroatoms. The zero-order valence-corrected chi connectivity index (χ0v) is 12.0. The van der Waals surface area contributed by atoms with Crippen molar-refractivity contribution in [1.29, 1.82) is 0 Å². The first kappa shape index (κ1) is 12.5. The van der Waals surface area contributed by atoms with Gasteiger partial charge in [-0.3, -0.25) is 0 Å². The van der Waals surface area contributed by atoms with E-state index in [1.54, 1.807) is 0 Å². The Balaban J connectivity index is 1.63. The van der Waals surface area contributed by atoms with E-state index in [-0.39, 0.29) is 0 Å². The molecule has 0 amide bonds. The lowest BCUT2D eigenvalue weighted by molar-refractivity contribution is 0.438. The van der Waals surface area contributed by atoms with E-state index < -0.39 is 0 Å². The lowest BCUT2D eigenvalue weighted by Gasteiger charge is -2.19. The van der Waals surface area contributed by atoms with Crippen LogP contribution in [0.5, 0.6) is 0 Å². The second-order valence-corrected chi connectivity index (χ2v) is 7.10. The third-order valence-electron chi connectivity index (χ3n) is 4.62. The van der Waals surface area contributed by atoms with Crippen molar-refractivity contribution in [3.05, 3.63) is 34.9 Å². The fourth-order valence-corrected chi connectivity index (χ4v) is 2.98. The molecule has 3 rings (SSSR count). The van der Waals surface area contributed by atoms with Crippen LogP contribution in [0.1, 0.15) is 44.7 Å². The first-order valence-corrected chi connectivity index (χ1v) is 7.43. The van der Waals surface area contributed by atoms with Gasteiger partial charge in [-0.25, -0.2) is 0 Å². The van der Waals surface area contributed by atoms with Crippen molar-refractivity contribution in [3.63, 3.8) is 0 Å². The Morgan fingerprint density at radius 3 is 2.39 bits per heavy atom. The van der Waals surface area contributed by atoms with Crippen LogP contribution < -0.4 is 5.32 Å². The minimum Gasteiger partial charge on any atom is -0.309 e. The molecule has 18 heavy (non-hydrogen) atoms. The summed E-state index contributed by atoms with van der Waals surface area (Å²) in [5.74, 6) is 1.71. The maximum absolute atomic E-state index is 5.97. The van der Waals surface area contributed by atoms with Crippen LogP contribution in [0.2, 0.25) is 5.02 Å². The van der Waals surface area contributed by atoms with Crippen molar-refractivity contribution >= 4 is 11.6 Å². The van der Waals surface area contributed by atoms with E-state index in [4.69, 9.17) is 11.6 Å². The molecule has 2 aliphatic carbocycles. The summed E-state index contributed by atoms with van der Waals surface area (Å²) in [6.45, 7) is 5.90. The number of halogens is 1. The van der Waals surface area contributed by atoms with Crippen LogP contribution in [0, 0.1) is 17.3 Å². The van der Waals surface area contributed by atoms with E-state index in [0.29, 0.717) is 11.5 Å². The Bertz CT molecular complexity index is 419. The fourth-order valence-electron chi connectivity index (χ4n) is 2.85. The molecule has 2 aliphatic rings. The van der Waals surface area contributed by atoms with Crippen LogP contribution in [-0.4, -0.2) is 6.54 Å². The quantitative estimate of drug-likeness (QED) is 0.829. The molecule has 0 bridgehead atoms. The monoisotopic (exact) mass is 263 g/mol. The van der Waals surface area contributed by atoms with Crippen molar-refractivity contribution in [2.45, 2.75) is 39.2 Å². The molecular weight excluding hydrogens is 242 g/mol. The molecule has 1 nitrogen and oxygen atoms in total. The van der Waals surface area contributed by atoms with Gasteiger partial charge in [-0.1, -0.05) is 37.6 Å². The summed E-state index contributed by atoms with van der Waals surface area (Å²) in [5, 5.41) is 4.62. The molecule has 2 unspecified atom stereocenters. The molecule has 2 saturated carbocycles. The second-order valence-electron chi connectivity index (χ2n) is 6.66. The van der Waals surface area contributed by atoms with Crippen molar-refractivity contribution in [3.8, 4) is 0 Å². The summed E-state index contributed by atoms with van der Waals surface area (Å²) in [6.07, 6.45) is 4.11. The van der Waals surface area contributed by atoms with Gasteiger partial charge in [-0.15, -0.1) is 0 Å². The number of rotatable bonds is 5. The molecule has 0 aromatic heterocycles. The van der Waals surface area contributed by atoms with E-state index in [0.717, 1.165) is 23.4 Å². The molecular formula is C16H22ClN. The number of benzene rings is 1. The molecule has 0 aliphatic heterocycles. The van der Waals surface area contributed by atoms with Crippen LogP contribution in [0.25, 0.3) is 0 Å². The summed E-state index contributed by atoms with van der Waals surface area (Å²) >= 11 is 5.97. The second kappa shape index (κ2) is 4.54. The molecule has 0 spiro atoms. The molecule has 98 valence electrons. The van der Waals surface area contributed by atoms with Gasteiger partial charge in [0, 0.05) is 11.1 Å². The van der Waals surface area contributed by atoms with Crippen LogP contribution >= 0.6 is 11.6 Å². The number of nitrogens with one attached hydrogen (secondary N) is 1. The first-order chi connectivity index (χ1) is 8.56. The van der Waals surface area contributed by atoms with Crippen molar-refractivity contribution < 1.29 is 0 Å². The molecule has 1 N–H and O–H groups in total. The Morgan fingerprint density at radius 1 is 1.28 bits per heavy atom. The molecule has 0 saturated heterocycles. The lowest BCUT2D eigenvalue weighted by Crippen LogP contribution is -2.26. The Labute approximate surface area is 115 Å².